The fourth-order valence-corrected chi connectivity index (χ4v) is 4.54. The predicted molar refractivity (Wildman–Crippen MR) is 89.6 cm³/mol. The van der Waals surface area contributed by atoms with Crippen molar-refractivity contribution >= 4 is 11.8 Å². The van der Waals surface area contributed by atoms with Gasteiger partial charge in [-0.25, -0.2) is 0 Å². The molecule has 2 rings (SSSR count). The summed E-state index contributed by atoms with van der Waals surface area (Å²) >= 11 is 1.91. The number of nitrogens with one attached hydrogen (secondary N) is 1. The summed E-state index contributed by atoms with van der Waals surface area (Å²) in [6.45, 7) is 12.4. The molecule has 21 heavy (non-hydrogen) atoms. The number of aromatic nitrogens is 3. The van der Waals surface area contributed by atoms with Crippen LogP contribution in [-0.2, 0) is 7.05 Å². The van der Waals surface area contributed by atoms with Crippen LogP contribution >= 0.6 is 11.8 Å². The number of thioether (sulfide) groups is 1. The molecule has 120 valence electrons. The lowest BCUT2D eigenvalue weighted by Gasteiger charge is -2.41. The number of rotatable bonds is 4. The molecule has 1 aliphatic rings. The SMILES string of the molecule is CCNC1CCC(C(C)(C)C)CC1Sc1nnc(C)n1C. The van der Waals surface area contributed by atoms with Gasteiger partial charge in [-0.15, -0.1) is 10.2 Å². The number of hydrogen-bond donors (Lipinski definition) is 1. The maximum atomic E-state index is 4.34. The van der Waals surface area contributed by atoms with Crippen LogP contribution < -0.4 is 5.32 Å². The Morgan fingerprint density at radius 1 is 1.29 bits per heavy atom. The van der Waals surface area contributed by atoms with E-state index in [2.05, 4.69) is 54.8 Å². The minimum Gasteiger partial charge on any atom is -0.313 e. The fourth-order valence-electron chi connectivity index (χ4n) is 3.17. The van der Waals surface area contributed by atoms with Crippen molar-refractivity contribution < 1.29 is 0 Å². The Bertz CT molecular complexity index is 463. The van der Waals surface area contributed by atoms with Gasteiger partial charge in [-0.2, -0.15) is 0 Å². The van der Waals surface area contributed by atoms with Gasteiger partial charge in [0.25, 0.3) is 0 Å². The van der Waals surface area contributed by atoms with Crippen LogP contribution in [0.4, 0.5) is 0 Å². The van der Waals surface area contributed by atoms with E-state index in [9.17, 15) is 0 Å². The van der Waals surface area contributed by atoms with Crippen molar-refractivity contribution in [2.45, 2.75) is 70.3 Å². The lowest BCUT2D eigenvalue weighted by atomic mass is 9.71. The lowest BCUT2D eigenvalue weighted by molar-refractivity contribution is 0.165. The molecule has 0 amide bonds. The van der Waals surface area contributed by atoms with Crippen LogP contribution in [0.2, 0.25) is 0 Å². The van der Waals surface area contributed by atoms with E-state index in [4.69, 9.17) is 0 Å². The molecule has 1 heterocycles. The van der Waals surface area contributed by atoms with Gasteiger partial charge in [0.1, 0.15) is 5.82 Å². The van der Waals surface area contributed by atoms with Crippen LogP contribution in [0, 0.1) is 18.3 Å². The highest BCUT2D eigenvalue weighted by atomic mass is 32.2. The third-order valence-electron chi connectivity index (χ3n) is 4.79. The smallest absolute Gasteiger partial charge is 0.191 e. The average Bonchev–Trinajstić information content (AvgIpc) is 2.72. The molecule has 0 aromatic carbocycles. The van der Waals surface area contributed by atoms with E-state index in [-0.39, 0.29) is 0 Å². The second-order valence-corrected chi connectivity index (χ2v) is 8.49. The van der Waals surface area contributed by atoms with E-state index in [0.29, 0.717) is 16.7 Å². The van der Waals surface area contributed by atoms with Crippen molar-refractivity contribution in [2.24, 2.45) is 18.4 Å². The summed E-state index contributed by atoms with van der Waals surface area (Å²) in [6, 6.07) is 0.593. The molecule has 1 fully saturated rings. The molecule has 4 nitrogen and oxygen atoms in total. The first-order chi connectivity index (χ1) is 9.82. The van der Waals surface area contributed by atoms with Gasteiger partial charge in [0.15, 0.2) is 5.16 Å². The van der Waals surface area contributed by atoms with E-state index >= 15 is 0 Å². The van der Waals surface area contributed by atoms with Crippen LogP contribution in [0.3, 0.4) is 0 Å². The fraction of sp³-hybridized carbons (Fsp3) is 0.875. The second kappa shape index (κ2) is 6.69. The molecule has 3 atom stereocenters. The first kappa shape index (κ1) is 16.8. The van der Waals surface area contributed by atoms with Crippen molar-refractivity contribution in [3.05, 3.63) is 5.82 Å². The van der Waals surface area contributed by atoms with Gasteiger partial charge in [0.05, 0.1) is 0 Å². The Morgan fingerprint density at radius 2 is 2.00 bits per heavy atom. The largest absolute Gasteiger partial charge is 0.313 e. The third-order valence-corrected chi connectivity index (χ3v) is 6.18. The lowest BCUT2D eigenvalue weighted by Crippen LogP contribution is -2.44. The van der Waals surface area contributed by atoms with Crippen molar-refractivity contribution in [2.75, 3.05) is 6.54 Å². The van der Waals surface area contributed by atoms with Crippen LogP contribution in [0.1, 0.15) is 52.8 Å². The molecule has 1 aromatic rings. The Kier molecular flexibility index (Phi) is 5.36. The summed E-state index contributed by atoms with van der Waals surface area (Å²) in [4.78, 5) is 0. The summed E-state index contributed by atoms with van der Waals surface area (Å²) in [5, 5.41) is 13.8. The first-order valence-corrected chi connectivity index (χ1v) is 8.97. The molecule has 0 aliphatic heterocycles. The topological polar surface area (TPSA) is 42.7 Å². The Morgan fingerprint density at radius 3 is 2.52 bits per heavy atom. The van der Waals surface area contributed by atoms with E-state index < -0.39 is 0 Å². The Balaban J connectivity index is 2.12. The highest BCUT2D eigenvalue weighted by molar-refractivity contribution is 7.99. The van der Waals surface area contributed by atoms with Crippen LogP contribution in [0.25, 0.3) is 0 Å². The molecule has 3 unspecified atom stereocenters. The summed E-state index contributed by atoms with van der Waals surface area (Å²) in [7, 11) is 2.06. The zero-order chi connectivity index (χ0) is 15.6. The molecule has 1 saturated carbocycles. The second-order valence-electron chi connectivity index (χ2n) is 7.29. The highest BCUT2D eigenvalue weighted by Gasteiger charge is 2.36. The number of hydrogen-bond acceptors (Lipinski definition) is 4. The van der Waals surface area contributed by atoms with E-state index in [1.54, 1.807) is 0 Å². The van der Waals surface area contributed by atoms with Crippen LogP contribution in [0.15, 0.2) is 5.16 Å². The monoisotopic (exact) mass is 310 g/mol. The molecule has 0 saturated heterocycles. The van der Waals surface area contributed by atoms with Gasteiger partial charge in [0, 0.05) is 18.3 Å². The predicted octanol–water partition coefficient (Wildman–Crippen LogP) is 3.41. The van der Waals surface area contributed by atoms with Gasteiger partial charge < -0.3 is 9.88 Å². The maximum absolute atomic E-state index is 4.34. The Hall–Kier alpha value is -0.550. The van der Waals surface area contributed by atoms with Crippen LogP contribution in [0.5, 0.6) is 0 Å². The molecule has 0 spiro atoms. The normalized spacial score (nSPS) is 27.0. The summed E-state index contributed by atoms with van der Waals surface area (Å²) in [5.41, 5.74) is 0.395. The van der Waals surface area contributed by atoms with E-state index in [1.807, 2.05) is 18.7 Å². The van der Waals surface area contributed by atoms with Gasteiger partial charge in [-0.3, -0.25) is 0 Å². The molecule has 0 bridgehead atoms. The van der Waals surface area contributed by atoms with E-state index in [0.717, 1.165) is 23.4 Å². The van der Waals surface area contributed by atoms with Crippen LogP contribution in [-0.4, -0.2) is 32.6 Å². The van der Waals surface area contributed by atoms with Gasteiger partial charge in [-0.1, -0.05) is 39.5 Å². The van der Waals surface area contributed by atoms with Gasteiger partial charge >= 0.3 is 0 Å². The quantitative estimate of drug-likeness (QED) is 0.925. The summed E-state index contributed by atoms with van der Waals surface area (Å²) in [5.74, 6) is 1.78. The zero-order valence-electron chi connectivity index (χ0n) is 14.3. The Labute approximate surface area is 133 Å². The van der Waals surface area contributed by atoms with Crippen molar-refractivity contribution in [3.8, 4) is 0 Å². The number of aryl methyl sites for hydroxylation is 1. The molecule has 0 radical (unpaired) electrons. The molecule has 1 N–H and O–H groups in total. The molecular weight excluding hydrogens is 280 g/mol. The number of nitrogens with zero attached hydrogens (tertiary/aromatic N) is 3. The standard InChI is InChI=1S/C16H30N4S/c1-7-17-13-9-8-12(16(3,4)5)10-14(13)21-15-19-18-11(2)20(15)6/h12-14,17H,7-10H2,1-6H3. The molecule has 1 aliphatic carbocycles. The molecule has 5 heteroatoms. The first-order valence-electron chi connectivity index (χ1n) is 8.09. The van der Waals surface area contributed by atoms with Gasteiger partial charge in [-0.05, 0) is 44.1 Å². The molecule has 1 aromatic heterocycles. The molecular formula is C16H30N4S. The van der Waals surface area contributed by atoms with Gasteiger partial charge in [0.2, 0.25) is 0 Å². The minimum atomic E-state index is 0.395. The summed E-state index contributed by atoms with van der Waals surface area (Å²) in [6.07, 6.45) is 3.86. The summed E-state index contributed by atoms with van der Waals surface area (Å²) < 4.78 is 2.11. The van der Waals surface area contributed by atoms with Crippen molar-refractivity contribution in [3.63, 3.8) is 0 Å². The van der Waals surface area contributed by atoms with Crippen molar-refractivity contribution in [1.82, 2.24) is 20.1 Å². The highest BCUT2D eigenvalue weighted by Crippen LogP contribution is 2.43. The average molecular weight is 311 g/mol. The minimum absolute atomic E-state index is 0.395. The zero-order valence-corrected chi connectivity index (χ0v) is 15.1. The third kappa shape index (κ3) is 4.01. The van der Waals surface area contributed by atoms with E-state index in [1.165, 1.54) is 19.3 Å². The maximum Gasteiger partial charge on any atom is 0.191 e. The van der Waals surface area contributed by atoms with Crippen molar-refractivity contribution in [1.29, 1.82) is 0 Å².